The second-order valence-electron chi connectivity index (χ2n) is 5.82. The van der Waals surface area contributed by atoms with Gasteiger partial charge >= 0.3 is 0 Å². The molecule has 1 amide bonds. The average molecular weight is 337 g/mol. The van der Waals surface area contributed by atoms with Gasteiger partial charge in [0.1, 0.15) is 0 Å². The van der Waals surface area contributed by atoms with Gasteiger partial charge in [-0.2, -0.15) is 0 Å². The van der Waals surface area contributed by atoms with Crippen LogP contribution in [0.2, 0.25) is 0 Å². The largest absolute Gasteiger partial charge is 0.354 e. The van der Waals surface area contributed by atoms with Crippen LogP contribution in [0.15, 0.2) is 35.4 Å². The number of benzene rings is 1. The maximum absolute atomic E-state index is 12.3. The fraction of sp³-hybridized carbons (Fsp3) is 0.438. The van der Waals surface area contributed by atoms with Crippen molar-refractivity contribution in [3.8, 4) is 0 Å². The van der Waals surface area contributed by atoms with Crippen LogP contribution in [0.5, 0.6) is 0 Å². The van der Waals surface area contributed by atoms with E-state index in [0.717, 1.165) is 12.8 Å². The Balaban J connectivity index is 0.00000192. The minimum absolute atomic E-state index is 0. The van der Waals surface area contributed by atoms with Crippen LogP contribution in [0.25, 0.3) is 10.9 Å². The van der Waals surface area contributed by atoms with E-state index in [-0.39, 0.29) is 36.3 Å². The highest BCUT2D eigenvalue weighted by atomic mass is 35.5. The maximum Gasteiger partial charge on any atom is 0.261 e. The average Bonchev–Trinajstić information content (AvgIpc) is 3.37. The first kappa shape index (κ1) is 17.4. The number of aryl methyl sites for hydroxylation is 1. The zero-order chi connectivity index (χ0) is 15.5. The van der Waals surface area contributed by atoms with Crippen molar-refractivity contribution in [2.45, 2.75) is 31.8 Å². The number of fused-ring (bicyclic) bond motifs is 1. The van der Waals surface area contributed by atoms with Crippen LogP contribution in [0, 0.1) is 5.92 Å². The molecule has 1 aliphatic rings. The lowest BCUT2D eigenvalue weighted by Crippen LogP contribution is -2.39. The first-order valence-electron chi connectivity index (χ1n) is 7.61. The number of nitrogens with zero attached hydrogens (tertiary/aromatic N) is 2. The summed E-state index contributed by atoms with van der Waals surface area (Å²) in [6.07, 6.45) is 4.07. The van der Waals surface area contributed by atoms with Crippen LogP contribution in [0.4, 0.5) is 0 Å². The molecule has 1 unspecified atom stereocenters. The Kier molecular flexibility index (Phi) is 5.74. The number of hydrogen-bond donors (Lipinski definition) is 2. The number of hydrogen-bond acceptors (Lipinski definition) is 4. The van der Waals surface area contributed by atoms with Gasteiger partial charge < -0.3 is 11.1 Å². The molecule has 0 radical (unpaired) electrons. The Hall–Kier alpha value is -1.92. The van der Waals surface area contributed by atoms with Crippen molar-refractivity contribution in [1.29, 1.82) is 0 Å². The summed E-state index contributed by atoms with van der Waals surface area (Å²) in [5, 5.41) is 3.40. The fourth-order valence-corrected chi connectivity index (χ4v) is 2.50. The lowest BCUT2D eigenvalue weighted by atomic mass is 10.2. The van der Waals surface area contributed by atoms with Crippen molar-refractivity contribution < 1.29 is 4.79 Å². The molecule has 0 spiro atoms. The third kappa shape index (κ3) is 4.30. The molecule has 124 valence electrons. The number of aromatic nitrogens is 2. The number of carbonyl (C=O) groups is 1. The van der Waals surface area contributed by atoms with E-state index in [2.05, 4.69) is 10.3 Å². The summed E-state index contributed by atoms with van der Waals surface area (Å²) in [6.45, 7) is 0.829. The van der Waals surface area contributed by atoms with E-state index in [9.17, 15) is 9.59 Å². The molecule has 6 nitrogen and oxygen atoms in total. The number of rotatable bonds is 6. The minimum Gasteiger partial charge on any atom is -0.354 e. The molecule has 1 aromatic carbocycles. The summed E-state index contributed by atoms with van der Waals surface area (Å²) in [4.78, 5) is 28.3. The van der Waals surface area contributed by atoms with Crippen LogP contribution < -0.4 is 16.6 Å². The molecule has 1 saturated carbocycles. The molecule has 1 atom stereocenters. The number of para-hydroxylation sites is 1. The number of nitrogens with one attached hydrogen (secondary N) is 1. The Morgan fingerprint density at radius 2 is 2.13 bits per heavy atom. The van der Waals surface area contributed by atoms with Gasteiger partial charge in [0.25, 0.3) is 5.56 Å². The van der Waals surface area contributed by atoms with Crippen LogP contribution in [0.1, 0.15) is 19.3 Å². The molecule has 1 aliphatic carbocycles. The van der Waals surface area contributed by atoms with Crippen molar-refractivity contribution in [3.63, 3.8) is 0 Å². The lowest BCUT2D eigenvalue weighted by molar-refractivity contribution is -0.121. The van der Waals surface area contributed by atoms with Crippen LogP contribution in [0.3, 0.4) is 0 Å². The molecule has 0 bridgehead atoms. The summed E-state index contributed by atoms with van der Waals surface area (Å²) >= 11 is 0. The summed E-state index contributed by atoms with van der Waals surface area (Å²) in [5.41, 5.74) is 6.49. The second kappa shape index (κ2) is 7.57. The van der Waals surface area contributed by atoms with Gasteiger partial charge in [-0.15, -0.1) is 12.4 Å². The van der Waals surface area contributed by atoms with E-state index in [1.807, 2.05) is 12.1 Å². The molecule has 3 rings (SSSR count). The predicted octanol–water partition coefficient (Wildman–Crippen LogP) is 1.06. The molecular weight excluding hydrogens is 316 g/mol. The van der Waals surface area contributed by atoms with Crippen LogP contribution in [-0.4, -0.2) is 28.0 Å². The Labute approximate surface area is 140 Å². The van der Waals surface area contributed by atoms with Crippen LogP contribution in [-0.2, 0) is 11.3 Å². The normalized spacial score (nSPS) is 15.0. The van der Waals surface area contributed by atoms with Gasteiger partial charge in [-0.3, -0.25) is 14.2 Å². The van der Waals surface area contributed by atoms with E-state index in [0.29, 0.717) is 29.9 Å². The van der Waals surface area contributed by atoms with Crippen molar-refractivity contribution in [2.24, 2.45) is 11.7 Å². The lowest BCUT2D eigenvalue weighted by Gasteiger charge is -2.12. The van der Waals surface area contributed by atoms with Gasteiger partial charge in [0.15, 0.2) is 0 Å². The third-order valence-electron chi connectivity index (χ3n) is 4.07. The van der Waals surface area contributed by atoms with Crippen LogP contribution >= 0.6 is 12.4 Å². The van der Waals surface area contributed by atoms with E-state index in [1.54, 1.807) is 12.1 Å². The molecular formula is C16H21ClN4O2. The van der Waals surface area contributed by atoms with Gasteiger partial charge in [-0.05, 0) is 30.9 Å². The molecule has 1 fully saturated rings. The highest BCUT2D eigenvalue weighted by molar-refractivity contribution is 5.85. The molecule has 0 saturated heterocycles. The van der Waals surface area contributed by atoms with E-state index in [1.165, 1.54) is 10.9 Å². The zero-order valence-electron chi connectivity index (χ0n) is 12.8. The second-order valence-corrected chi connectivity index (χ2v) is 5.82. The Bertz CT molecular complexity index is 742. The molecule has 3 N–H and O–H groups in total. The predicted molar refractivity (Wildman–Crippen MR) is 91.6 cm³/mol. The Morgan fingerprint density at radius 1 is 1.39 bits per heavy atom. The summed E-state index contributed by atoms with van der Waals surface area (Å²) in [7, 11) is 0. The van der Waals surface area contributed by atoms with Gasteiger partial charge in [-0.1, -0.05) is 12.1 Å². The monoisotopic (exact) mass is 336 g/mol. The van der Waals surface area contributed by atoms with Gasteiger partial charge in [0.05, 0.1) is 17.2 Å². The smallest absolute Gasteiger partial charge is 0.261 e. The van der Waals surface area contributed by atoms with Crippen molar-refractivity contribution >= 4 is 29.2 Å². The standard InChI is InChI=1S/C16H20N4O2.ClH/c17-13(11-5-6-11)9-18-15(21)7-8-20-10-19-14-4-2-1-3-12(14)16(20)22;/h1-4,10-11,13H,5-9,17H2,(H,18,21);1H. The first-order valence-corrected chi connectivity index (χ1v) is 7.61. The SMILES string of the molecule is Cl.NC(CNC(=O)CCn1cnc2ccccc2c1=O)C1CC1. The molecule has 1 heterocycles. The summed E-state index contributed by atoms with van der Waals surface area (Å²) in [5.74, 6) is 0.476. The van der Waals surface area contributed by atoms with E-state index < -0.39 is 0 Å². The number of carbonyl (C=O) groups excluding carboxylic acids is 1. The Morgan fingerprint density at radius 3 is 2.87 bits per heavy atom. The fourth-order valence-electron chi connectivity index (χ4n) is 2.50. The van der Waals surface area contributed by atoms with E-state index in [4.69, 9.17) is 5.73 Å². The highest BCUT2D eigenvalue weighted by Gasteiger charge is 2.28. The molecule has 1 aromatic heterocycles. The molecule has 2 aromatic rings. The van der Waals surface area contributed by atoms with Crippen molar-refractivity contribution in [2.75, 3.05) is 6.54 Å². The first-order chi connectivity index (χ1) is 10.6. The summed E-state index contributed by atoms with van der Waals surface area (Å²) < 4.78 is 1.47. The molecule has 0 aliphatic heterocycles. The van der Waals surface area contributed by atoms with Gasteiger partial charge in [0.2, 0.25) is 5.91 Å². The van der Waals surface area contributed by atoms with Crippen molar-refractivity contribution in [3.05, 3.63) is 40.9 Å². The third-order valence-corrected chi connectivity index (χ3v) is 4.07. The topological polar surface area (TPSA) is 90.0 Å². The number of nitrogens with two attached hydrogens (primary N) is 1. The maximum atomic E-state index is 12.3. The molecule has 23 heavy (non-hydrogen) atoms. The van der Waals surface area contributed by atoms with Crippen molar-refractivity contribution in [1.82, 2.24) is 14.9 Å². The zero-order valence-corrected chi connectivity index (χ0v) is 13.6. The quantitative estimate of drug-likeness (QED) is 0.825. The van der Waals surface area contributed by atoms with E-state index >= 15 is 0 Å². The van der Waals surface area contributed by atoms with Gasteiger partial charge in [-0.25, -0.2) is 4.98 Å². The highest BCUT2D eigenvalue weighted by Crippen LogP contribution is 2.31. The summed E-state index contributed by atoms with van der Waals surface area (Å²) in [6, 6.07) is 7.24. The number of halogens is 1. The minimum atomic E-state index is -0.118. The number of amides is 1. The van der Waals surface area contributed by atoms with Gasteiger partial charge in [0, 0.05) is 25.6 Å². The molecule has 7 heteroatoms.